The van der Waals surface area contributed by atoms with Crippen LogP contribution >= 0.6 is 0 Å². The fourth-order valence-corrected chi connectivity index (χ4v) is 2.49. The molecule has 0 radical (unpaired) electrons. The van der Waals surface area contributed by atoms with Crippen molar-refractivity contribution in [3.8, 4) is 0 Å². The summed E-state index contributed by atoms with van der Waals surface area (Å²) in [5.74, 6) is -0.828. The van der Waals surface area contributed by atoms with Crippen molar-refractivity contribution in [1.29, 1.82) is 0 Å². The Hall–Kier alpha value is -0.310. The monoisotopic (exact) mass is 314 g/mol. The second-order valence-electron chi connectivity index (χ2n) is 9.00. The number of hydrogen-bond donors (Lipinski definition) is 1. The molecule has 0 unspecified atom stereocenters. The predicted octanol–water partition coefficient (Wildman–Crippen LogP) is 4.63. The summed E-state index contributed by atoms with van der Waals surface area (Å²) in [5, 5.41) is 9.77. The molecule has 1 aromatic rings. The molecule has 1 rings (SSSR count). The Balaban J connectivity index is 0.00000441. The molecule has 0 spiro atoms. The minimum atomic E-state index is -0.828. The molecule has 0 heterocycles. The van der Waals surface area contributed by atoms with Crippen molar-refractivity contribution in [3.63, 3.8) is 0 Å². The quantitative estimate of drug-likeness (QED) is 0.767. The third-order valence-electron chi connectivity index (χ3n) is 3.83. The first kappa shape index (κ1) is 21.7. The molecule has 0 aliphatic rings. The van der Waals surface area contributed by atoms with Crippen LogP contribution in [0, 0.1) is 0 Å². The number of aromatic carboxylic acids is 1. The summed E-state index contributed by atoms with van der Waals surface area (Å²) in [4.78, 5) is 11.9. The van der Waals surface area contributed by atoms with Gasteiger partial charge in [0.05, 0.1) is 5.56 Å². The van der Waals surface area contributed by atoms with Crippen LogP contribution in [-0.4, -0.2) is 40.6 Å². The van der Waals surface area contributed by atoms with Crippen molar-refractivity contribution in [3.05, 3.63) is 34.4 Å². The molecule has 0 atom stereocenters. The van der Waals surface area contributed by atoms with E-state index in [0.29, 0.717) is 5.56 Å². The van der Waals surface area contributed by atoms with Gasteiger partial charge in [-0.1, -0.05) is 74.4 Å². The minimum absolute atomic E-state index is 0. The van der Waals surface area contributed by atoms with Crippen LogP contribution in [0.25, 0.3) is 0 Å². The Morgan fingerprint density at radius 1 is 0.773 bits per heavy atom. The molecule has 1 N–H and O–H groups in total. The van der Waals surface area contributed by atoms with E-state index < -0.39 is 5.97 Å². The number of rotatable bonds is 1. The van der Waals surface area contributed by atoms with Crippen LogP contribution in [-0.2, 0) is 16.2 Å². The first-order chi connectivity index (χ1) is 9.15. The molecule has 0 saturated heterocycles. The molecular formula is C19H31NaO2. The van der Waals surface area contributed by atoms with Gasteiger partial charge in [0, 0.05) is 0 Å². The topological polar surface area (TPSA) is 37.3 Å². The maximum absolute atomic E-state index is 11.9. The van der Waals surface area contributed by atoms with E-state index in [1.165, 1.54) is 5.56 Å². The van der Waals surface area contributed by atoms with Gasteiger partial charge in [0.1, 0.15) is 0 Å². The average molecular weight is 314 g/mol. The molecule has 0 amide bonds. The van der Waals surface area contributed by atoms with Gasteiger partial charge in [0.2, 0.25) is 0 Å². The standard InChI is InChI=1S/C19H30O2.Na.H/c1-17(2,3)12-10-13(18(4,5)6)15(16(20)21)14(11-12)19(7,8)9;;/h10-11H,1-9H3,(H,20,21);;. The molecule has 22 heavy (non-hydrogen) atoms. The predicted molar refractivity (Wildman–Crippen MR) is 96.7 cm³/mol. The summed E-state index contributed by atoms with van der Waals surface area (Å²) in [6, 6.07) is 4.16. The number of benzene rings is 1. The molecule has 1 aromatic carbocycles. The Bertz CT molecular complexity index is 517. The van der Waals surface area contributed by atoms with Crippen LogP contribution in [0.4, 0.5) is 0 Å². The van der Waals surface area contributed by atoms with Gasteiger partial charge in [-0.15, -0.1) is 0 Å². The van der Waals surface area contributed by atoms with Crippen molar-refractivity contribution in [1.82, 2.24) is 0 Å². The van der Waals surface area contributed by atoms with E-state index in [9.17, 15) is 9.90 Å². The van der Waals surface area contributed by atoms with Crippen molar-refractivity contribution in [2.45, 2.75) is 78.6 Å². The molecule has 0 aliphatic heterocycles. The second-order valence-corrected chi connectivity index (χ2v) is 9.00. The summed E-state index contributed by atoms with van der Waals surface area (Å²) in [6.07, 6.45) is 0. The van der Waals surface area contributed by atoms with Gasteiger partial charge in [-0.3, -0.25) is 0 Å². The number of hydrogen-bond acceptors (Lipinski definition) is 1. The van der Waals surface area contributed by atoms with Gasteiger partial charge >= 0.3 is 35.5 Å². The van der Waals surface area contributed by atoms with Crippen LogP contribution in [0.5, 0.6) is 0 Å². The SMILES string of the molecule is CC(C)(C)c1cc(C(C)(C)C)c(C(=O)O)c(C(C)(C)C)c1.[NaH]. The first-order valence-corrected chi connectivity index (χ1v) is 7.58. The van der Waals surface area contributed by atoms with Crippen LogP contribution < -0.4 is 0 Å². The summed E-state index contributed by atoms with van der Waals surface area (Å²) in [6.45, 7) is 19.0. The van der Waals surface area contributed by atoms with E-state index in [2.05, 4.69) is 74.4 Å². The molecule has 0 bridgehead atoms. The van der Waals surface area contributed by atoms with E-state index in [4.69, 9.17) is 0 Å². The first-order valence-electron chi connectivity index (χ1n) is 7.58. The molecule has 120 valence electrons. The second kappa shape index (κ2) is 6.67. The third-order valence-corrected chi connectivity index (χ3v) is 3.83. The summed E-state index contributed by atoms with van der Waals surface area (Å²) in [7, 11) is 0. The maximum atomic E-state index is 11.9. The average Bonchev–Trinajstić information content (AvgIpc) is 2.23. The normalized spacial score (nSPS) is 12.8. The molecule has 0 aliphatic carbocycles. The van der Waals surface area contributed by atoms with E-state index in [1.54, 1.807) is 0 Å². The van der Waals surface area contributed by atoms with E-state index in [-0.39, 0.29) is 45.8 Å². The summed E-state index contributed by atoms with van der Waals surface area (Å²) >= 11 is 0. The molecule has 2 nitrogen and oxygen atoms in total. The van der Waals surface area contributed by atoms with E-state index in [0.717, 1.165) is 11.1 Å². The fourth-order valence-electron chi connectivity index (χ4n) is 2.49. The number of carboxylic acid groups (broad SMARTS) is 1. The molecule has 0 saturated carbocycles. The van der Waals surface area contributed by atoms with Crippen molar-refractivity contribution in [2.24, 2.45) is 0 Å². The molecule has 0 aromatic heterocycles. The van der Waals surface area contributed by atoms with Crippen LogP contribution in [0.3, 0.4) is 0 Å². The van der Waals surface area contributed by atoms with Gasteiger partial charge < -0.3 is 5.11 Å². The van der Waals surface area contributed by atoms with Gasteiger partial charge in [0.25, 0.3) is 0 Å². The summed E-state index contributed by atoms with van der Waals surface area (Å²) in [5.41, 5.74) is 3.12. The third kappa shape index (κ3) is 4.84. The van der Waals surface area contributed by atoms with Gasteiger partial charge in [-0.05, 0) is 32.9 Å². The van der Waals surface area contributed by atoms with Gasteiger partial charge in [0.15, 0.2) is 0 Å². The van der Waals surface area contributed by atoms with Crippen LogP contribution in [0.1, 0.15) is 89.4 Å². The van der Waals surface area contributed by atoms with Crippen LogP contribution in [0.2, 0.25) is 0 Å². The zero-order valence-electron chi connectivity index (χ0n) is 15.0. The summed E-state index contributed by atoms with van der Waals surface area (Å²) < 4.78 is 0. The Kier molecular flexibility index (Phi) is 6.57. The zero-order chi connectivity index (χ0) is 16.8. The molecule has 3 heteroatoms. The Morgan fingerprint density at radius 2 is 1.09 bits per heavy atom. The van der Waals surface area contributed by atoms with Gasteiger partial charge in [-0.25, -0.2) is 4.79 Å². The van der Waals surface area contributed by atoms with Crippen molar-refractivity contribution < 1.29 is 9.90 Å². The Labute approximate surface area is 158 Å². The molecule has 0 fully saturated rings. The van der Waals surface area contributed by atoms with Gasteiger partial charge in [-0.2, -0.15) is 0 Å². The van der Waals surface area contributed by atoms with Crippen molar-refractivity contribution in [2.75, 3.05) is 0 Å². The molecular weight excluding hydrogens is 283 g/mol. The van der Waals surface area contributed by atoms with E-state index in [1.807, 2.05) is 0 Å². The number of carbonyl (C=O) groups is 1. The van der Waals surface area contributed by atoms with Crippen molar-refractivity contribution >= 4 is 35.5 Å². The fraction of sp³-hybridized carbons (Fsp3) is 0.632. The Morgan fingerprint density at radius 3 is 1.27 bits per heavy atom. The zero-order valence-corrected chi connectivity index (χ0v) is 15.0. The number of carboxylic acids is 1. The van der Waals surface area contributed by atoms with Crippen LogP contribution in [0.15, 0.2) is 12.1 Å². The van der Waals surface area contributed by atoms with E-state index >= 15 is 0 Å².